The number of carboxylic acid groups (broad SMARTS) is 1. The minimum atomic E-state index is -0.859. The predicted octanol–water partition coefficient (Wildman–Crippen LogP) is -0.313. The van der Waals surface area contributed by atoms with Crippen LogP contribution in [0.25, 0.3) is 0 Å². The quantitative estimate of drug-likeness (QED) is 0.638. The molecule has 1 saturated heterocycles. The van der Waals surface area contributed by atoms with Gasteiger partial charge < -0.3 is 19.4 Å². The van der Waals surface area contributed by atoms with E-state index in [4.69, 9.17) is 9.84 Å². The zero-order valence-electron chi connectivity index (χ0n) is 9.56. The van der Waals surface area contributed by atoms with E-state index in [-0.39, 0.29) is 19.1 Å². The first-order chi connectivity index (χ1) is 6.76. The molecule has 0 unspecified atom stereocenters. The van der Waals surface area contributed by atoms with E-state index in [0.29, 0.717) is 17.6 Å². The molecule has 88 valence electrons. The number of ether oxygens (including phenoxy) is 1. The number of nitrogens with zero attached hydrogens (tertiary/aromatic N) is 1. The third-order valence-corrected chi connectivity index (χ3v) is 2.65. The SMILES string of the molecule is C[C@@]1(CO)C[N+](C)(C)C[C@@H](CC(=O)O)O1. The highest BCUT2D eigenvalue weighted by molar-refractivity contribution is 5.67. The van der Waals surface area contributed by atoms with Crippen molar-refractivity contribution in [1.82, 2.24) is 0 Å². The number of hydrogen-bond donors (Lipinski definition) is 2. The van der Waals surface area contributed by atoms with Crippen molar-refractivity contribution in [3.05, 3.63) is 0 Å². The molecule has 2 N–H and O–H groups in total. The van der Waals surface area contributed by atoms with Crippen LogP contribution < -0.4 is 0 Å². The monoisotopic (exact) mass is 218 g/mol. The summed E-state index contributed by atoms with van der Waals surface area (Å²) in [5.41, 5.74) is -0.623. The Bertz CT molecular complexity index is 254. The minimum Gasteiger partial charge on any atom is -0.481 e. The number of carboxylic acids is 1. The lowest BCUT2D eigenvalue weighted by atomic mass is 10.0. The van der Waals surface area contributed by atoms with E-state index < -0.39 is 11.6 Å². The van der Waals surface area contributed by atoms with Crippen molar-refractivity contribution < 1.29 is 24.2 Å². The third kappa shape index (κ3) is 3.44. The molecule has 1 fully saturated rings. The van der Waals surface area contributed by atoms with Crippen LogP contribution in [0.1, 0.15) is 13.3 Å². The van der Waals surface area contributed by atoms with Gasteiger partial charge >= 0.3 is 5.97 Å². The van der Waals surface area contributed by atoms with E-state index in [1.807, 2.05) is 21.0 Å². The van der Waals surface area contributed by atoms with Gasteiger partial charge in [0.1, 0.15) is 24.8 Å². The molecule has 1 rings (SSSR count). The number of aliphatic hydroxyl groups excluding tert-OH is 1. The molecule has 0 spiro atoms. The van der Waals surface area contributed by atoms with Crippen LogP contribution in [0, 0.1) is 0 Å². The predicted molar refractivity (Wildman–Crippen MR) is 54.5 cm³/mol. The average molecular weight is 218 g/mol. The normalized spacial score (nSPS) is 35.1. The molecule has 5 nitrogen and oxygen atoms in total. The Balaban J connectivity index is 2.72. The lowest BCUT2D eigenvalue weighted by molar-refractivity contribution is -0.909. The van der Waals surface area contributed by atoms with E-state index in [0.717, 1.165) is 0 Å². The Labute approximate surface area is 89.9 Å². The van der Waals surface area contributed by atoms with E-state index in [2.05, 4.69) is 0 Å². The van der Waals surface area contributed by atoms with Gasteiger partial charge in [-0.3, -0.25) is 4.79 Å². The molecule has 2 atom stereocenters. The summed E-state index contributed by atoms with van der Waals surface area (Å²) in [5, 5.41) is 18.0. The van der Waals surface area contributed by atoms with Gasteiger partial charge in [0, 0.05) is 0 Å². The minimum absolute atomic E-state index is 0.00271. The lowest BCUT2D eigenvalue weighted by Gasteiger charge is -2.46. The van der Waals surface area contributed by atoms with Gasteiger partial charge in [-0.05, 0) is 6.92 Å². The molecular formula is C10H20NO4+. The molecular weight excluding hydrogens is 198 g/mol. The first kappa shape index (κ1) is 12.4. The van der Waals surface area contributed by atoms with Crippen LogP contribution in [-0.2, 0) is 9.53 Å². The lowest BCUT2D eigenvalue weighted by Crippen LogP contribution is -2.62. The number of morpholine rings is 1. The number of aliphatic hydroxyl groups is 1. The second kappa shape index (κ2) is 4.08. The van der Waals surface area contributed by atoms with Crippen LogP contribution in [0.3, 0.4) is 0 Å². The highest BCUT2D eigenvalue weighted by atomic mass is 16.5. The first-order valence-electron chi connectivity index (χ1n) is 5.09. The first-order valence-corrected chi connectivity index (χ1v) is 5.09. The Morgan fingerprint density at radius 1 is 1.60 bits per heavy atom. The van der Waals surface area contributed by atoms with E-state index >= 15 is 0 Å². The molecule has 0 amide bonds. The molecule has 1 aliphatic heterocycles. The smallest absolute Gasteiger partial charge is 0.306 e. The van der Waals surface area contributed by atoms with Crippen molar-refractivity contribution in [1.29, 1.82) is 0 Å². The van der Waals surface area contributed by atoms with Crippen molar-refractivity contribution in [3.8, 4) is 0 Å². The maximum atomic E-state index is 10.6. The molecule has 1 aliphatic rings. The van der Waals surface area contributed by atoms with Gasteiger partial charge in [-0.1, -0.05) is 0 Å². The number of rotatable bonds is 3. The molecule has 0 radical (unpaired) electrons. The maximum Gasteiger partial charge on any atom is 0.306 e. The standard InChI is InChI=1S/C10H19NO4/c1-10(7-12)6-11(2,3)5-8(15-10)4-9(13)14/h8,12H,4-7H2,1-3H3/p+1/t8-,10+/m1/s1. The van der Waals surface area contributed by atoms with E-state index in [1.54, 1.807) is 0 Å². The van der Waals surface area contributed by atoms with E-state index in [1.165, 1.54) is 0 Å². The van der Waals surface area contributed by atoms with Gasteiger partial charge in [-0.15, -0.1) is 0 Å². The van der Waals surface area contributed by atoms with Crippen LogP contribution in [0.5, 0.6) is 0 Å². The fraction of sp³-hybridized carbons (Fsp3) is 0.900. The van der Waals surface area contributed by atoms with Gasteiger partial charge in [0.05, 0.1) is 27.1 Å². The summed E-state index contributed by atoms with van der Waals surface area (Å²) in [5.74, 6) is -0.859. The van der Waals surface area contributed by atoms with Crippen molar-refractivity contribution in [3.63, 3.8) is 0 Å². The molecule has 15 heavy (non-hydrogen) atoms. The second-order valence-corrected chi connectivity index (χ2v) is 5.22. The Hall–Kier alpha value is -0.650. The zero-order valence-corrected chi connectivity index (χ0v) is 9.56. The maximum absolute atomic E-state index is 10.6. The number of quaternary nitrogens is 1. The Morgan fingerprint density at radius 2 is 2.20 bits per heavy atom. The number of hydrogen-bond acceptors (Lipinski definition) is 3. The Kier molecular flexibility index (Phi) is 3.38. The Morgan fingerprint density at radius 3 is 2.67 bits per heavy atom. The van der Waals surface area contributed by atoms with Crippen LogP contribution in [0.15, 0.2) is 0 Å². The number of likely N-dealkylation sites (N-methyl/N-ethyl adjacent to an activating group) is 1. The van der Waals surface area contributed by atoms with Crippen LogP contribution in [0.2, 0.25) is 0 Å². The molecule has 0 aromatic heterocycles. The number of aliphatic carboxylic acids is 1. The van der Waals surface area contributed by atoms with Gasteiger partial charge in [0.2, 0.25) is 0 Å². The fourth-order valence-corrected chi connectivity index (χ4v) is 2.39. The average Bonchev–Trinajstić information content (AvgIpc) is 1.98. The van der Waals surface area contributed by atoms with Crippen molar-refractivity contribution in [2.45, 2.75) is 25.0 Å². The molecule has 0 aromatic rings. The summed E-state index contributed by atoms with van der Waals surface area (Å²) in [4.78, 5) is 10.6. The van der Waals surface area contributed by atoms with Gasteiger partial charge in [0.25, 0.3) is 0 Å². The zero-order chi connectivity index (χ0) is 11.7. The summed E-state index contributed by atoms with van der Waals surface area (Å²) in [6.07, 6.45) is -0.319. The molecule has 0 aliphatic carbocycles. The number of carbonyl (C=O) groups is 1. The largest absolute Gasteiger partial charge is 0.481 e. The van der Waals surface area contributed by atoms with Crippen LogP contribution in [0.4, 0.5) is 0 Å². The third-order valence-electron chi connectivity index (χ3n) is 2.65. The summed E-state index contributed by atoms with van der Waals surface area (Å²) in [7, 11) is 4.04. The van der Waals surface area contributed by atoms with Crippen molar-refractivity contribution in [2.24, 2.45) is 0 Å². The fourth-order valence-electron chi connectivity index (χ4n) is 2.39. The van der Waals surface area contributed by atoms with Gasteiger partial charge in [0.15, 0.2) is 0 Å². The highest BCUT2D eigenvalue weighted by Gasteiger charge is 2.43. The molecule has 0 saturated carbocycles. The van der Waals surface area contributed by atoms with Crippen LogP contribution in [-0.4, -0.2) is 66.2 Å². The summed E-state index contributed by atoms with van der Waals surface area (Å²) in [6, 6.07) is 0. The summed E-state index contributed by atoms with van der Waals surface area (Å²) < 4.78 is 6.30. The van der Waals surface area contributed by atoms with Crippen molar-refractivity contribution >= 4 is 5.97 Å². The molecule has 1 heterocycles. The second-order valence-electron chi connectivity index (χ2n) is 5.22. The van der Waals surface area contributed by atoms with Gasteiger partial charge in [-0.2, -0.15) is 0 Å². The van der Waals surface area contributed by atoms with Crippen molar-refractivity contribution in [2.75, 3.05) is 33.8 Å². The van der Waals surface area contributed by atoms with E-state index in [9.17, 15) is 9.90 Å². The van der Waals surface area contributed by atoms with Crippen LogP contribution >= 0.6 is 0 Å². The topological polar surface area (TPSA) is 66.8 Å². The molecule has 0 aromatic carbocycles. The van der Waals surface area contributed by atoms with Gasteiger partial charge in [-0.25, -0.2) is 0 Å². The summed E-state index contributed by atoms with van der Waals surface area (Å²) in [6.45, 7) is 3.10. The molecule has 0 bridgehead atoms. The molecule has 5 heteroatoms. The highest BCUT2D eigenvalue weighted by Crippen LogP contribution is 2.25. The summed E-state index contributed by atoms with van der Waals surface area (Å²) >= 11 is 0.